The maximum Gasteiger partial charge on any atom is 0.0656 e. The van der Waals surface area contributed by atoms with E-state index in [1.54, 1.807) is 0 Å². The zero-order valence-electron chi connectivity index (χ0n) is 8.25. The molecule has 1 aliphatic rings. The Morgan fingerprint density at radius 3 is 2.25 bits per heavy atom. The van der Waals surface area contributed by atoms with Crippen LogP contribution in [-0.4, -0.2) is 49.3 Å². The van der Waals surface area contributed by atoms with Gasteiger partial charge in [-0.15, -0.1) is 0 Å². The monoisotopic (exact) mass is 172 g/mol. The number of nitrogens with zero attached hydrogens (tertiary/aromatic N) is 2. The summed E-state index contributed by atoms with van der Waals surface area (Å²) in [6.45, 7) is 10.8. The average Bonchev–Trinajstić information content (AvgIpc) is 2.09. The molecular formula is C9H20N2O. The molecule has 3 nitrogen and oxygen atoms in total. The second-order valence-corrected chi connectivity index (χ2v) is 3.19. The van der Waals surface area contributed by atoms with Crippen molar-refractivity contribution in [3.05, 3.63) is 0 Å². The van der Waals surface area contributed by atoms with Gasteiger partial charge in [0.2, 0.25) is 0 Å². The smallest absolute Gasteiger partial charge is 0.0656 e. The van der Waals surface area contributed by atoms with E-state index in [1.807, 2.05) is 6.92 Å². The van der Waals surface area contributed by atoms with E-state index < -0.39 is 0 Å². The summed E-state index contributed by atoms with van der Waals surface area (Å²) in [4.78, 5) is 7.91. The molecule has 0 aromatic heterocycles. The van der Waals surface area contributed by atoms with Gasteiger partial charge >= 0.3 is 0 Å². The van der Waals surface area contributed by atoms with Crippen molar-refractivity contribution in [2.45, 2.75) is 20.3 Å². The summed E-state index contributed by atoms with van der Waals surface area (Å²) in [6, 6.07) is 0. The summed E-state index contributed by atoms with van der Waals surface area (Å²) >= 11 is 0. The van der Waals surface area contributed by atoms with Crippen LogP contribution >= 0.6 is 0 Å². The third-order valence-corrected chi connectivity index (χ3v) is 2.18. The first kappa shape index (κ1) is 9.96. The van der Waals surface area contributed by atoms with Gasteiger partial charge in [-0.2, -0.15) is 5.06 Å². The number of hydrogen-bond acceptors (Lipinski definition) is 3. The van der Waals surface area contributed by atoms with Gasteiger partial charge in [0.1, 0.15) is 0 Å². The van der Waals surface area contributed by atoms with Gasteiger partial charge in [0.15, 0.2) is 0 Å². The molecule has 1 fully saturated rings. The fraction of sp³-hybridized carbons (Fsp3) is 1.00. The number of rotatable bonds is 4. The molecule has 0 aliphatic carbocycles. The van der Waals surface area contributed by atoms with Crippen LogP contribution in [0.5, 0.6) is 0 Å². The van der Waals surface area contributed by atoms with Crippen molar-refractivity contribution in [1.82, 2.24) is 9.96 Å². The van der Waals surface area contributed by atoms with Gasteiger partial charge in [0.05, 0.1) is 6.61 Å². The molecule has 12 heavy (non-hydrogen) atoms. The highest BCUT2D eigenvalue weighted by molar-refractivity contribution is 4.66. The topological polar surface area (TPSA) is 15.7 Å². The maximum atomic E-state index is 5.42. The van der Waals surface area contributed by atoms with Gasteiger partial charge in [-0.1, -0.05) is 6.92 Å². The van der Waals surface area contributed by atoms with Crippen LogP contribution in [0.2, 0.25) is 0 Å². The van der Waals surface area contributed by atoms with Gasteiger partial charge in [-0.05, 0) is 19.9 Å². The van der Waals surface area contributed by atoms with Crippen molar-refractivity contribution in [3.8, 4) is 0 Å². The minimum Gasteiger partial charge on any atom is -0.301 e. The van der Waals surface area contributed by atoms with Gasteiger partial charge in [0, 0.05) is 26.2 Å². The Hall–Kier alpha value is -0.120. The fourth-order valence-corrected chi connectivity index (χ4v) is 1.58. The van der Waals surface area contributed by atoms with Crippen LogP contribution in [0.4, 0.5) is 0 Å². The molecule has 0 amide bonds. The molecule has 3 heteroatoms. The third-order valence-electron chi connectivity index (χ3n) is 2.18. The Morgan fingerprint density at radius 1 is 1.08 bits per heavy atom. The predicted octanol–water partition coefficient (Wildman–Crippen LogP) is 0.966. The summed E-state index contributed by atoms with van der Waals surface area (Å²) in [5, 5.41) is 2.08. The maximum absolute atomic E-state index is 5.42. The van der Waals surface area contributed by atoms with Crippen LogP contribution in [0.25, 0.3) is 0 Å². The Morgan fingerprint density at radius 2 is 1.75 bits per heavy atom. The second kappa shape index (κ2) is 5.51. The molecule has 0 radical (unpaired) electrons. The van der Waals surface area contributed by atoms with Crippen molar-refractivity contribution in [3.63, 3.8) is 0 Å². The van der Waals surface area contributed by atoms with E-state index >= 15 is 0 Å². The molecule has 1 rings (SSSR count). The van der Waals surface area contributed by atoms with Crippen LogP contribution in [0.1, 0.15) is 20.3 Å². The molecular weight excluding hydrogens is 152 g/mol. The van der Waals surface area contributed by atoms with Gasteiger partial charge < -0.3 is 4.90 Å². The molecule has 0 spiro atoms. The SMILES string of the molecule is CCCN1CCN(OCC)CC1. The lowest BCUT2D eigenvalue weighted by Crippen LogP contribution is -2.46. The lowest BCUT2D eigenvalue weighted by Gasteiger charge is -2.33. The van der Waals surface area contributed by atoms with Crippen LogP contribution in [0.15, 0.2) is 0 Å². The highest BCUT2D eigenvalue weighted by Gasteiger charge is 2.15. The molecule has 1 heterocycles. The lowest BCUT2D eigenvalue weighted by atomic mass is 10.3. The number of hydroxylamine groups is 2. The summed E-state index contributed by atoms with van der Waals surface area (Å²) in [6.07, 6.45) is 1.26. The summed E-state index contributed by atoms with van der Waals surface area (Å²) in [7, 11) is 0. The predicted molar refractivity (Wildman–Crippen MR) is 49.9 cm³/mol. The number of piperazine rings is 1. The Kier molecular flexibility index (Phi) is 4.58. The average molecular weight is 172 g/mol. The Balaban J connectivity index is 2.11. The summed E-state index contributed by atoms with van der Waals surface area (Å²) in [5.41, 5.74) is 0. The van der Waals surface area contributed by atoms with Crippen molar-refractivity contribution < 1.29 is 4.84 Å². The summed E-state index contributed by atoms with van der Waals surface area (Å²) in [5.74, 6) is 0. The van der Waals surface area contributed by atoms with E-state index in [1.165, 1.54) is 13.0 Å². The Labute approximate surface area is 75.2 Å². The van der Waals surface area contributed by atoms with Crippen LogP contribution < -0.4 is 0 Å². The molecule has 0 atom stereocenters. The molecule has 0 bridgehead atoms. The molecule has 72 valence electrons. The van der Waals surface area contributed by atoms with Crippen molar-refractivity contribution in [2.75, 3.05) is 39.3 Å². The zero-order chi connectivity index (χ0) is 8.81. The van der Waals surface area contributed by atoms with Gasteiger partial charge in [0.25, 0.3) is 0 Å². The fourth-order valence-electron chi connectivity index (χ4n) is 1.58. The molecule has 0 saturated carbocycles. The molecule has 1 saturated heterocycles. The number of hydrogen-bond donors (Lipinski definition) is 0. The van der Waals surface area contributed by atoms with E-state index in [0.717, 1.165) is 32.8 Å². The van der Waals surface area contributed by atoms with Crippen molar-refractivity contribution in [2.24, 2.45) is 0 Å². The van der Waals surface area contributed by atoms with Crippen LogP contribution in [0, 0.1) is 0 Å². The van der Waals surface area contributed by atoms with Crippen LogP contribution in [-0.2, 0) is 4.84 Å². The lowest BCUT2D eigenvalue weighted by molar-refractivity contribution is -0.172. The first-order valence-corrected chi connectivity index (χ1v) is 4.97. The second-order valence-electron chi connectivity index (χ2n) is 3.19. The van der Waals surface area contributed by atoms with E-state index in [-0.39, 0.29) is 0 Å². The molecule has 0 unspecified atom stereocenters. The van der Waals surface area contributed by atoms with E-state index in [0.29, 0.717) is 0 Å². The standard InChI is InChI=1S/C9H20N2O/c1-3-5-10-6-8-11(9-7-10)12-4-2/h3-9H2,1-2H3. The highest BCUT2D eigenvalue weighted by atomic mass is 16.7. The Bertz CT molecular complexity index is 97.1. The molecule has 0 aromatic carbocycles. The van der Waals surface area contributed by atoms with Crippen molar-refractivity contribution in [1.29, 1.82) is 0 Å². The summed E-state index contributed by atoms with van der Waals surface area (Å²) < 4.78 is 0. The highest BCUT2D eigenvalue weighted by Crippen LogP contribution is 2.02. The molecule has 0 aromatic rings. The van der Waals surface area contributed by atoms with E-state index in [2.05, 4.69) is 16.9 Å². The van der Waals surface area contributed by atoms with Gasteiger partial charge in [-0.25, -0.2) is 0 Å². The quantitative estimate of drug-likeness (QED) is 0.628. The first-order valence-electron chi connectivity index (χ1n) is 4.97. The van der Waals surface area contributed by atoms with E-state index in [4.69, 9.17) is 4.84 Å². The van der Waals surface area contributed by atoms with Gasteiger partial charge in [-0.3, -0.25) is 4.84 Å². The minimum atomic E-state index is 0.799. The largest absolute Gasteiger partial charge is 0.301 e. The third kappa shape index (κ3) is 3.09. The van der Waals surface area contributed by atoms with Crippen molar-refractivity contribution >= 4 is 0 Å². The minimum absolute atomic E-state index is 0.799. The zero-order valence-corrected chi connectivity index (χ0v) is 8.25. The molecule has 1 aliphatic heterocycles. The normalized spacial score (nSPS) is 21.5. The first-order chi connectivity index (χ1) is 5.86. The van der Waals surface area contributed by atoms with E-state index in [9.17, 15) is 0 Å². The molecule has 0 N–H and O–H groups in total. The van der Waals surface area contributed by atoms with Crippen LogP contribution in [0.3, 0.4) is 0 Å².